The fourth-order valence-electron chi connectivity index (χ4n) is 1.58. The molecule has 0 aromatic heterocycles. The van der Waals surface area contributed by atoms with Gasteiger partial charge in [-0.25, -0.2) is 4.79 Å². The minimum atomic E-state index is -1.03. The van der Waals surface area contributed by atoms with Gasteiger partial charge in [-0.05, 0) is 24.3 Å². The Labute approximate surface area is 96.8 Å². The van der Waals surface area contributed by atoms with Crippen molar-refractivity contribution >= 4 is 23.5 Å². The second kappa shape index (κ2) is 4.25. The lowest BCUT2D eigenvalue weighted by Gasteiger charge is -2.26. The lowest BCUT2D eigenvalue weighted by molar-refractivity contribution is -0.128. The van der Waals surface area contributed by atoms with E-state index in [1.807, 2.05) is 0 Å². The molecule has 0 saturated carbocycles. The Balaban J connectivity index is 2.24. The standard InChI is InChI=1S/C11H10N2O4/c14-9-6-13(10(15)5-12-9)8-3-1-7(2-4-8)11(16)17/h1-4H,5-6H2,(H,12,14)(H,16,17). The van der Waals surface area contributed by atoms with Crippen molar-refractivity contribution in [3.05, 3.63) is 29.8 Å². The maximum absolute atomic E-state index is 11.6. The highest BCUT2D eigenvalue weighted by Crippen LogP contribution is 2.16. The van der Waals surface area contributed by atoms with Crippen LogP contribution in [0.2, 0.25) is 0 Å². The van der Waals surface area contributed by atoms with Gasteiger partial charge in [0.2, 0.25) is 11.8 Å². The number of amides is 2. The molecule has 1 fully saturated rings. The molecule has 1 aliphatic rings. The number of hydrogen-bond donors (Lipinski definition) is 2. The van der Waals surface area contributed by atoms with E-state index in [4.69, 9.17) is 5.11 Å². The van der Waals surface area contributed by atoms with Crippen LogP contribution in [-0.4, -0.2) is 36.0 Å². The largest absolute Gasteiger partial charge is 0.478 e. The minimum absolute atomic E-state index is 0.0283. The molecule has 0 radical (unpaired) electrons. The molecule has 1 aromatic rings. The number of aromatic carboxylic acids is 1. The van der Waals surface area contributed by atoms with E-state index in [1.165, 1.54) is 29.2 Å². The van der Waals surface area contributed by atoms with Gasteiger partial charge in [0.05, 0.1) is 12.1 Å². The molecule has 1 aliphatic heterocycles. The average Bonchev–Trinajstić information content (AvgIpc) is 2.32. The van der Waals surface area contributed by atoms with Crippen LogP contribution in [0.25, 0.3) is 0 Å². The average molecular weight is 234 g/mol. The first-order valence-corrected chi connectivity index (χ1v) is 4.98. The summed E-state index contributed by atoms with van der Waals surface area (Å²) in [6.45, 7) is -0.0647. The first-order chi connectivity index (χ1) is 8.08. The van der Waals surface area contributed by atoms with Crippen molar-refractivity contribution in [2.24, 2.45) is 0 Å². The molecule has 0 atom stereocenters. The van der Waals surface area contributed by atoms with Crippen molar-refractivity contribution in [2.45, 2.75) is 0 Å². The third-order valence-electron chi connectivity index (χ3n) is 2.47. The molecule has 0 aliphatic carbocycles. The van der Waals surface area contributed by atoms with Crippen LogP contribution in [0.1, 0.15) is 10.4 Å². The van der Waals surface area contributed by atoms with Gasteiger partial charge in [0.25, 0.3) is 0 Å². The number of hydrogen-bond acceptors (Lipinski definition) is 3. The summed E-state index contributed by atoms with van der Waals surface area (Å²) in [5.74, 6) is -1.47. The number of anilines is 1. The van der Waals surface area contributed by atoms with E-state index in [2.05, 4.69) is 5.32 Å². The Morgan fingerprint density at radius 1 is 1.24 bits per heavy atom. The number of carbonyl (C=O) groups is 3. The van der Waals surface area contributed by atoms with Crippen LogP contribution in [0.3, 0.4) is 0 Å². The van der Waals surface area contributed by atoms with Crippen molar-refractivity contribution in [2.75, 3.05) is 18.0 Å². The van der Waals surface area contributed by atoms with Gasteiger partial charge >= 0.3 is 5.97 Å². The maximum atomic E-state index is 11.6. The van der Waals surface area contributed by atoms with Crippen LogP contribution in [0.15, 0.2) is 24.3 Å². The summed E-state index contributed by atoms with van der Waals surface area (Å²) >= 11 is 0. The molecule has 2 N–H and O–H groups in total. The number of nitrogens with zero attached hydrogens (tertiary/aromatic N) is 1. The van der Waals surface area contributed by atoms with Gasteiger partial charge in [-0.3, -0.25) is 9.59 Å². The Kier molecular flexibility index (Phi) is 2.78. The Hall–Kier alpha value is -2.37. The molecule has 0 bridgehead atoms. The number of piperazine rings is 1. The topological polar surface area (TPSA) is 86.7 Å². The number of carboxylic acid groups (broad SMARTS) is 1. The SMILES string of the molecule is O=C1CN(c2ccc(C(=O)O)cc2)C(=O)CN1. The third kappa shape index (κ3) is 2.25. The zero-order valence-electron chi connectivity index (χ0n) is 8.84. The molecule has 6 nitrogen and oxygen atoms in total. The monoisotopic (exact) mass is 234 g/mol. The molecule has 2 amide bonds. The second-order valence-electron chi connectivity index (χ2n) is 3.61. The molecule has 1 saturated heterocycles. The third-order valence-corrected chi connectivity index (χ3v) is 2.47. The van der Waals surface area contributed by atoms with Gasteiger partial charge in [0.15, 0.2) is 0 Å². The lowest BCUT2D eigenvalue weighted by Crippen LogP contribution is -2.51. The van der Waals surface area contributed by atoms with Gasteiger partial charge in [0.1, 0.15) is 6.54 Å². The number of carboxylic acids is 1. The summed E-state index contributed by atoms with van der Waals surface area (Å²) in [5, 5.41) is 11.2. The summed E-state index contributed by atoms with van der Waals surface area (Å²) < 4.78 is 0. The van der Waals surface area contributed by atoms with Gasteiger partial charge in [-0.15, -0.1) is 0 Å². The first kappa shape index (κ1) is 11.1. The van der Waals surface area contributed by atoms with Crippen LogP contribution in [0.5, 0.6) is 0 Å². The van der Waals surface area contributed by atoms with Gasteiger partial charge < -0.3 is 15.3 Å². The van der Waals surface area contributed by atoms with E-state index in [1.54, 1.807) is 0 Å². The lowest BCUT2D eigenvalue weighted by atomic mass is 10.2. The highest BCUT2D eigenvalue weighted by molar-refractivity contribution is 6.04. The van der Waals surface area contributed by atoms with Crippen molar-refractivity contribution in [3.8, 4) is 0 Å². The Morgan fingerprint density at radius 3 is 2.47 bits per heavy atom. The van der Waals surface area contributed by atoms with Crippen LogP contribution in [0.4, 0.5) is 5.69 Å². The smallest absolute Gasteiger partial charge is 0.335 e. The fraction of sp³-hybridized carbons (Fsp3) is 0.182. The molecular formula is C11H10N2O4. The molecule has 6 heteroatoms. The van der Waals surface area contributed by atoms with Crippen LogP contribution in [0, 0.1) is 0 Å². The van der Waals surface area contributed by atoms with Gasteiger partial charge in [-0.1, -0.05) is 0 Å². The van der Waals surface area contributed by atoms with Crippen LogP contribution in [-0.2, 0) is 9.59 Å². The summed E-state index contributed by atoms with van der Waals surface area (Å²) in [6.07, 6.45) is 0. The molecule has 17 heavy (non-hydrogen) atoms. The number of rotatable bonds is 2. The molecule has 0 unspecified atom stereocenters. The van der Waals surface area contributed by atoms with Crippen LogP contribution < -0.4 is 10.2 Å². The molecule has 2 rings (SSSR count). The van der Waals surface area contributed by atoms with Gasteiger partial charge in [-0.2, -0.15) is 0 Å². The molecule has 0 spiro atoms. The number of carbonyl (C=O) groups excluding carboxylic acids is 2. The molecule has 1 heterocycles. The summed E-state index contributed by atoms with van der Waals surface area (Å²) in [6, 6.07) is 5.83. The number of benzene rings is 1. The van der Waals surface area contributed by atoms with Crippen molar-refractivity contribution in [1.29, 1.82) is 0 Å². The maximum Gasteiger partial charge on any atom is 0.335 e. The van der Waals surface area contributed by atoms with E-state index in [9.17, 15) is 14.4 Å². The second-order valence-corrected chi connectivity index (χ2v) is 3.61. The molecule has 1 aromatic carbocycles. The highest BCUT2D eigenvalue weighted by atomic mass is 16.4. The fourth-order valence-corrected chi connectivity index (χ4v) is 1.58. The summed E-state index contributed by atoms with van der Waals surface area (Å²) in [5.41, 5.74) is 0.664. The normalized spacial score (nSPS) is 15.6. The van der Waals surface area contributed by atoms with Crippen molar-refractivity contribution < 1.29 is 19.5 Å². The molecular weight excluding hydrogens is 224 g/mol. The highest BCUT2D eigenvalue weighted by Gasteiger charge is 2.24. The van der Waals surface area contributed by atoms with E-state index < -0.39 is 5.97 Å². The number of nitrogens with one attached hydrogen (secondary N) is 1. The first-order valence-electron chi connectivity index (χ1n) is 4.98. The quantitative estimate of drug-likeness (QED) is 0.744. The van der Waals surface area contributed by atoms with Gasteiger partial charge in [0, 0.05) is 5.69 Å². The summed E-state index contributed by atoms with van der Waals surface area (Å²) in [7, 11) is 0. The predicted molar refractivity (Wildman–Crippen MR) is 58.8 cm³/mol. The molecule has 88 valence electrons. The Bertz CT molecular complexity index is 481. The predicted octanol–water partition coefficient (Wildman–Crippen LogP) is -0.152. The summed E-state index contributed by atoms with van der Waals surface area (Å²) in [4.78, 5) is 34.7. The zero-order chi connectivity index (χ0) is 12.4. The van der Waals surface area contributed by atoms with E-state index >= 15 is 0 Å². The Morgan fingerprint density at radius 2 is 1.88 bits per heavy atom. The van der Waals surface area contributed by atoms with Crippen molar-refractivity contribution in [3.63, 3.8) is 0 Å². The van der Waals surface area contributed by atoms with Crippen molar-refractivity contribution in [1.82, 2.24) is 5.32 Å². The van der Waals surface area contributed by atoms with E-state index in [0.717, 1.165) is 0 Å². The van der Waals surface area contributed by atoms with E-state index in [0.29, 0.717) is 5.69 Å². The minimum Gasteiger partial charge on any atom is -0.478 e. The van der Waals surface area contributed by atoms with Crippen LogP contribution >= 0.6 is 0 Å². The van der Waals surface area contributed by atoms with E-state index in [-0.39, 0.29) is 30.5 Å². The zero-order valence-corrected chi connectivity index (χ0v) is 8.84.